The van der Waals surface area contributed by atoms with Gasteiger partial charge >= 0.3 is 6.03 Å². The number of rotatable bonds is 15. The number of carbonyl (C=O) groups is 2. The van der Waals surface area contributed by atoms with Crippen LogP contribution in [-0.2, 0) is 22.7 Å². The standard InChI is InChI=1S/C29H45N7O4/c1-7-39-17-24-34-25-26(36(24)18-29(5,6)35-28(38)32-19(2)3)22-13-12-21(16-23(22)33-27(25)30)40-15-11-9-8-10-14-31-20(4)37/h12-13,16,19H,7-11,14-15,17-18H2,1-6H3,(H2,30,33)(H,31,37)(H2,32,35,38). The molecule has 0 atom stereocenters. The van der Waals surface area contributed by atoms with Crippen molar-refractivity contribution in [2.24, 2.45) is 0 Å². The van der Waals surface area contributed by atoms with Crippen molar-refractivity contribution in [1.29, 1.82) is 0 Å². The molecule has 3 rings (SSSR count). The molecule has 11 heteroatoms. The molecule has 0 fully saturated rings. The number of hydrogen-bond donors (Lipinski definition) is 4. The van der Waals surface area contributed by atoms with Crippen LogP contribution < -0.4 is 26.4 Å². The van der Waals surface area contributed by atoms with Crippen LogP contribution in [0.5, 0.6) is 5.75 Å². The van der Waals surface area contributed by atoms with Crippen molar-refractivity contribution in [2.45, 2.75) is 92.0 Å². The van der Waals surface area contributed by atoms with E-state index in [1.807, 2.05) is 52.8 Å². The summed E-state index contributed by atoms with van der Waals surface area (Å²) in [5.41, 5.74) is 7.98. The van der Waals surface area contributed by atoms with Crippen molar-refractivity contribution in [3.8, 4) is 5.75 Å². The molecule has 0 unspecified atom stereocenters. The summed E-state index contributed by atoms with van der Waals surface area (Å²) >= 11 is 0. The second-order valence-corrected chi connectivity index (χ2v) is 11.0. The molecule has 0 saturated heterocycles. The van der Waals surface area contributed by atoms with E-state index in [9.17, 15) is 9.59 Å². The van der Waals surface area contributed by atoms with Crippen molar-refractivity contribution in [2.75, 3.05) is 25.5 Å². The van der Waals surface area contributed by atoms with Gasteiger partial charge in [-0.25, -0.2) is 14.8 Å². The predicted octanol–water partition coefficient (Wildman–Crippen LogP) is 4.26. The number of aromatic nitrogens is 3. The highest BCUT2D eigenvalue weighted by atomic mass is 16.5. The predicted molar refractivity (Wildman–Crippen MR) is 158 cm³/mol. The molecule has 0 radical (unpaired) electrons. The summed E-state index contributed by atoms with van der Waals surface area (Å²) in [6, 6.07) is 5.63. The Morgan fingerprint density at radius 2 is 1.88 bits per heavy atom. The van der Waals surface area contributed by atoms with Gasteiger partial charge in [-0.3, -0.25) is 4.79 Å². The Morgan fingerprint density at radius 3 is 2.58 bits per heavy atom. The van der Waals surface area contributed by atoms with E-state index in [0.29, 0.717) is 49.8 Å². The van der Waals surface area contributed by atoms with Crippen molar-refractivity contribution in [3.05, 3.63) is 24.0 Å². The second kappa shape index (κ2) is 14.2. The van der Waals surface area contributed by atoms with E-state index in [-0.39, 0.29) is 18.0 Å². The number of imidazole rings is 1. The molecular formula is C29H45N7O4. The van der Waals surface area contributed by atoms with Crippen LogP contribution in [-0.4, -0.2) is 57.8 Å². The number of hydrogen-bond acceptors (Lipinski definition) is 7. The van der Waals surface area contributed by atoms with E-state index in [4.69, 9.17) is 20.2 Å². The summed E-state index contributed by atoms with van der Waals surface area (Å²) in [7, 11) is 0. The van der Waals surface area contributed by atoms with Crippen LogP contribution >= 0.6 is 0 Å². The summed E-state index contributed by atoms with van der Waals surface area (Å²) in [6.07, 6.45) is 3.95. The molecule has 2 heterocycles. The van der Waals surface area contributed by atoms with Gasteiger partial charge in [0, 0.05) is 44.1 Å². The summed E-state index contributed by atoms with van der Waals surface area (Å²) < 4.78 is 13.8. The molecule has 11 nitrogen and oxygen atoms in total. The van der Waals surface area contributed by atoms with E-state index in [0.717, 1.165) is 48.2 Å². The molecule has 220 valence electrons. The maximum absolute atomic E-state index is 12.5. The zero-order valence-electron chi connectivity index (χ0n) is 24.7. The van der Waals surface area contributed by atoms with Gasteiger partial charge < -0.3 is 35.7 Å². The average Bonchev–Trinajstić information content (AvgIpc) is 3.21. The number of urea groups is 1. The first-order chi connectivity index (χ1) is 19.0. The van der Waals surface area contributed by atoms with E-state index < -0.39 is 5.54 Å². The quantitative estimate of drug-likeness (QED) is 0.205. The molecular weight excluding hydrogens is 510 g/mol. The topological polar surface area (TPSA) is 145 Å². The van der Waals surface area contributed by atoms with Crippen LogP contribution in [0.1, 0.15) is 73.1 Å². The SMILES string of the molecule is CCOCc1nc2c(N)nc3cc(OCCCCCCNC(C)=O)ccc3c2n1CC(C)(C)NC(=O)NC(C)C. The minimum atomic E-state index is -0.594. The second-order valence-electron chi connectivity index (χ2n) is 11.0. The number of carbonyl (C=O) groups excluding carboxylic acids is 2. The fraction of sp³-hybridized carbons (Fsp3) is 0.586. The summed E-state index contributed by atoms with van der Waals surface area (Å²) in [6.45, 7) is 13.9. The molecule has 0 aliphatic rings. The van der Waals surface area contributed by atoms with E-state index in [1.165, 1.54) is 6.92 Å². The van der Waals surface area contributed by atoms with Crippen LogP contribution in [0.25, 0.3) is 21.9 Å². The molecule has 0 aliphatic carbocycles. The maximum Gasteiger partial charge on any atom is 0.315 e. The molecule has 40 heavy (non-hydrogen) atoms. The fourth-order valence-corrected chi connectivity index (χ4v) is 4.58. The number of ether oxygens (including phenoxy) is 2. The molecule has 3 aromatic rings. The number of nitrogens with one attached hydrogen (secondary N) is 3. The van der Waals surface area contributed by atoms with Crippen molar-refractivity contribution >= 4 is 39.7 Å². The van der Waals surface area contributed by atoms with E-state index in [1.54, 1.807) is 0 Å². The van der Waals surface area contributed by atoms with Gasteiger partial charge in [-0.15, -0.1) is 0 Å². The number of fused-ring (bicyclic) bond motifs is 3. The molecule has 3 amide bonds. The van der Waals surface area contributed by atoms with Crippen molar-refractivity contribution < 1.29 is 19.1 Å². The molecule has 1 aromatic carbocycles. The van der Waals surface area contributed by atoms with Crippen LogP contribution in [0.4, 0.5) is 10.6 Å². The van der Waals surface area contributed by atoms with Gasteiger partial charge in [-0.2, -0.15) is 0 Å². The lowest BCUT2D eigenvalue weighted by molar-refractivity contribution is -0.118. The minimum Gasteiger partial charge on any atom is -0.494 e. The number of unbranched alkanes of at least 4 members (excludes halogenated alkanes) is 3. The number of nitrogens with zero attached hydrogens (tertiary/aromatic N) is 3. The normalized spacial score (nSPS) is 11.8. The third-order valence-electron chi connectivity index (χ3n) is 6.33. The van der Waals surface area contributed by atoms with Crippen LogP contribution in [0.15, 0.2) is 18.2 Å². The minimum absolute atomic E-state index is 0.00847. The Bertz CT molecular complexity index is 1300. The monoisotopic (exact) mass is 555 g/mol. The fourth-order valence-electron chi connectivity index (χ4n) is 4.58. The van der Waals surface area contributed by atoms with Gasteiger partial charge in [0.1, 0.15) is 23.7 Å². The largest absolute Gasteiger partial charge is 0.494 e. The van der Waals surface area contributed by atoms with Crippen molar-refractivity contribution in [3.63, 3.8) is 0 Å². The van der Waals surface area contributed by atoms with Gasteiger partial charge in [-0.05, 0) is 59.6 Å². The lowest BCUT2D eigenvalue weighted by Crippen LogP contribution is -2.52. The first-order valence-electron chi connectivity index (χ1n) is 14.1. The van der Waals surface area contributed by atoms with Gasteiger partial charge in [0.2, 0.25) is 5.91 Å². The van der Waals surface area contributed by atoms with Crippen LogP contribution in [0.3, 0.4) is 0 Å². The average molecular weight is 556 g/mol. The summed E-state index contributed by atoms with van der Waals surface area (Å²) in [5, 5.41) is 9.67. The molecule has 5 N–H and O–H groups in total. The number of amides is 3. The third kappa shape index (κ3) is 8.70. The Balaban J connectivity index is 1.82. The Kier molecular flexibility index (Phi) is 10.9. The third-order valence-corrected chi connectivity index (χ3v) is 6.33. The van der Waals surface area contributed by atoms with Crippen molar-refractivity contribution in [1.82, 2.24) is 30.5 Å². The molecule has 0 saturated carbocycles. The van der Waals surface area contributed by atoms with Gasteiger partial charge in [0.25, 0.3) is 0 Å². The Labute approximate surface area is 236 Å². The highest BCUT2D eigenvalue weighted by Crippen LogP contribution is 2.32. The summed E-state index contributed by atoms with van der Waals surface area (Å²) in [4.78, 5) is 32.9. The highest BCUT2D eigenvalue weighted by molar-refractivity contribution is 6.07. The molecule has 0 spiro atoms. The zero-order chi connectivity index (χ0) is 29.3. The number of pyridine rings is 1. The first-order valence-corrected chi connectivity index (χ1v) is 14.1. The molecule has 0 aliphatic heterocycles. The number of anilines is 1. The number of nitrogen functional groups attached to an aromatic ring is 1. The molecule has 2 aromatic heterocycles. The smallest absolute Gasteiger partial charge is 0.315 e. The highest BCUT2D eigenvalue weighted by Gasteiger charge is 2.26. The number of benzene rings is 1. The Morgan fingerprint density at radius 1 is 1.12 bits per heavy atom. The maximum atomic E-state index is 12.5. The lowest BCUT2D eigenvalue weighted by atomic mass is 10.1. The van der Waals surface area contributed by atoms with E-state index >= 15 is 0 Å². The van der Waals surface area contributed by atoms with Crippen LogP contribution in [0.2, 0.25) is 0 Å². The lowest BCUT2D eigenvalue weighted by Gasteiger charge is -2.28. The Hall–Kier alpha value is -3.60. The van der Waals surface area contributed by atoms with Gasteiger partial charge in [0.05, 0.1) is 23.2 Å². The zero-order valence-corrected chi connectivity index (χ0v) is 24.7. The van der Waals surface area contributed by atoms with Crippen LogP contribution in [0, 0.1) is 0 Å². The van der Waals surface area contributed by atoms with E-state index in [2.05, 4.69) is 25.5 Å². The van der Waals surface area contributed by atoms with Gasteiger partial charge in [0.15, 0.2) is 5.82 Å². The number of nitrogens with two attached hydrogens (primary N) is 1. The van der Waals surface area contributed by atoms with Gasteiger partial charge in [-0.1, -0.05) is 12.8 Å². The molecule has 0 bridgehead atoms. The first kappa shape index (κ1) is 30.9. The summed E-state index contributed by atoms with van der Waals surface area (Å²) in [5.74, 6) is 1.79.